The van der Waals surface area contributed by atoms with E-state index in [0.717, 1.165) is 30.1 Å². The Morgan fingerprint density at radius 3 is 2.11 bits per heavy atom. The van der Waals surface area contributed by atoms with Crippen molar-refractivity contribution in [3.8, 4) is 0 Å². The lowest BCUT2D eigenvalue weighted by molar-refractivity contribution is 0.196. The topological polar surface area (TPSA) is 0 Å². The van der Waals surface area contributed by atoms with Crippen LogP contribution in [0.2, 0.25) is 0 Å². The third kappa shape index (κ3) is 6.91. The second-order valence-electron chi connectivity index (χ2n) is 9.60. The minimum absolute atomic E-state index is 0.104. The first-order valence-corrected chi connectivity index (χ1v) is 12.0. The molecule has 1 aromatic carbocycles. The molecule has 1 heteroatoms. The molecule has 2 aliphatic carbocycles. The smallest absolute Gasteiger partial charge is 0.123 e. The van der Waals surface area contributed by atoms with Gasteiger partial charge in [-0.05, 0) is 54.2 Å². The highest BCUT2D eigenvalue weighted by Crippen LogP contribution is 2.39. The van der Waals surface area contributed by atoms with Gasteiger partial charge in [0.05, 0.1) is 0 Å². The van der Waals surface area contributed by atoms with Crippen LogP contribution in [0.4, 0.5) is 4.39 Å². The van der Waals surface area contributed by atoms with Gasteiger partial charge >= 0.3 is 0 Å². The van der Waals surface area contributed by atoms with Crippen LogP contribution in [0.15, 0.2) is 24.3 Å². The molecule has 0 bridgehead atoms. The molecule has 0 spiro atoms. The fraction of sp³-hybridized carbons (Fsp3) is 0.769. The number of benzene rings is 1. The summed E-state index contributed by atoms with van der Waals surface area (Å²) in [7, 11) is 0. The summed E-state index contributed by atoms with van der Waals surface area (Å²) in [6.45, 7) is 2.32. The van der Waals surface area contributed by atoms with Gasteiger partial charge in [0.15, 0.2) is 0 Å². The van der Waals surface area contributed by atoms with E-state index in [0.29, 0.717) is 0 Å². The molecule has 0 heterocycles. The Morgan fingerprint density at radius 1 is 0.852 bits per heavy atom. The average Bonchev–Trinajstić information content (AvgIpc) is 2.72. The van der Waals surface area contributed by atoms with Crippen LogP contribution in [0.1, 0.15) is 102 Å². The highest BCUT2D eigenvalue weighted by Gasteiger charge is 2.26. The molecule has 0 nitrogen and oxygen atoms in total. The second kappa shape index (κ2) is 11.2. The van der Waals surface area contributed by atoms with Gasteiger partial charge in [-0.2, -0.15) is 0 Å². The van der Waals surface area contributed by atoms with E-state index in [1.807, 2.05) is 12.1 Å². The second-order valence-corrected chi connectivity index (χ2v) is 9.60. The molecule has 0 N–H and O–H groups in total. The van der Waals surface area contributed by atoms with Crippen molar-refractivity contribution in [3.05, 3.63) is 35.6 Å². The van der Waals surface area contributed by atoms with Gasteiger partial charge in [-0.25, -0.2) is 4.39 Å². The minimum Gasteiger partial charge on any atom is -0.207 e. The molecule has 3 rings (SSSR count). The van der Waals surface area contributed by atoms with Crippen LogP contribution in [0.5, 0.6) is 0 Å². The van der Waals surface area contributed by atoms with Crippen molar-refractivity contribution in [3.63, 3.8) is 0 Å². The lowest BCUT2D eigenvalue weighted by Crippen LogP contribution is -2.22. The Balaban J connectivity index is 1.50. The predicted octanol–water partition coefficient (Wildman–Crippen LogP) is 8.34. The van der Waals surface area contributed by atoms with Gasteiger partial charge in [-0.15, -0.1) is 0 Å². The van der Waals surface area contributed by atoms with Gasteiger partial charge in [-0.3, -0.25) is 0 Å². The molecular formula is C26H41F. The lowest BCUT2D eigenvalue weighted by Gasteiger charge is -2.33. The maximum atomic E-state index is 13.3. The Kier molecular flexibility index (Phi) is 8.68. The van der Waals surface area contributed by atoms with Gasteiger partial charge in [-0.1, -0.05) is 103 Å². The largest absolute Gasteiger partial charge is 0.207 e. The van der Waals surface area contributed by atoms with Crippen LogP contribution in [-0.4, -0.2) is 0 Å². The van der Waals surface area contributed by atoms with E-state index in [1.54, 1.807) is 12.1 Å². The molecule has 1 atom stereocenters. The first kappa shape index (κ1) is 20.9. The van der Waals surface area contributed by atoms with Crippen LogP contribution in [0, 0.1) is 29.5 Å². The van der Waals surface area contributed by atoms with Crippen LogP contribution >= 0.6 is 0 Å². The SMILES string of the molecule is CCCCC1CCC(CCC(Cc2ccc(F)cc2)C2CCCCC2)CC1. The summed E-state index contributed by atoms with van der Waals surface area (Å²) >= 11 is 0. The molecule has 1 unspecified atom stereocenters. The Hall–Kier alpha value is -0.850. The average molecular weight is 373 g/mol. The third-order valence-electron chi connectivity index (χ3n) is 7.61. The molecule has 0 saturated heterocycles. The normalized spacial score (nSPS) is 25.4. The summed E-state index contributed by atoms with van der Waals surface area (Å²) in [6.07, 6.45) is 21.3. The number of rotatable bonds is 9. The van der Waals surface area contributed by atoms with E-state index >= 15 is 0 Å². The molecule has 0 radical (unpaired) electrons. The van der Waals surface area contributed by atoms with Crippen LogP contribution in [-0.2, 0) is 6.42 Å². The minimum atomic E-state index is -0.104. The predicted molar refractivity (Wildman–Crippen MR) is 114 cm³/mol. The van der Waals surface area contributed by atoms with Gasteiger partial charge in [0, 0.05) is 0 Å². The van der Waals surface area contributed by atoms with Crippen molar-refractivity contribution in [2.75, 3.05) is 0 Å². The zero-order valence-electron chi connectivity index (χ0n) is 17.6. The summed E-state index contributed by atoms with van der Waals surface area (Å²) in [5.41, 5.74) is 1.34. The molecule has 152 valence electrons. The third-order valence-corrected chi connectivity index (χ3v) is 7.61. The van der Waals surface area contributed by atoms with Crippen molar-refractivity contribution in [2.24, 2.45) is 23.7 Å². The molecule has 2 fully saturated rings. The summed E-state index contributed by atoms with van der Waals surface area (Å²) in [5.74, 6) is 3.61. The summed E-state index contributed by atoms with van der Waals surface area (Å²) < 4.78 is 13.3. The first-order chi connectivity index (χ1) is 13.2. The van der Waals surface area contributed by atoms with Crippen molar-refractivity contribution in [2.45, 2.75) is 103 Å². The van der Waals surface area contributed by atoms with E-state index in [-0.39, 0.29) is 5.82 Å². The summed E-state index contributed by atoms with van der Waals surface area (Å²) in [6, 6.07) is 7.32. The maximum Gasteiger partial charge on any atom is 0.123 e. The van der Waals surface area contributed by atoms with E-state index in [4.69, 9.17) is 0 Å². The highest BCUT2D eigenvalue weighted by atomic mass is 19.1. The van der Waals surface area contributed by atoms with Crippen LogP contribution in [0.25, 0.3) is 0 Å². The quantitative estimate of drug-likeness (QED) is 0.408. The van der Waals surface area contributed by atoms with E-state index in [9.17, 15) is 4.39 Å². The van der Waals surface area contributed by atoms with Gasteiger partial charge in [0.2, 0.25) is 0 Å². The molecule has 27 heavy (non-hydrogen) atoms. The lowest BCUT2D eigenvalue weighted by atomic mass is 9.72. The zero-order chi connectivity index (χ0) is 18.9. The van der Waals surface area contributed by atoms with Crippen molar-refractivity contribution < 1.29 is 4.39 Å². The molecule has 2 aliphatic rings. The Labute approximate surface area is 167 Å². The Bertz CT molecular complexity index is 506. The van der Waals surface area contributed by atoms with Crippen molar-refractivity contribution in [1.29, 1.82) is 0 Å². The van der Waals surface area contributed by atoms with Crippen LogP contribution < -0.4 is 0 Å². The van der Waals surface area contributed by atoms with Gasteiger partial charge in [0.25, 0.3) is 0 Å². The first-order valence-electron chi connectivity index (χ1n) is 12.0. The van der Waals surface area contributed by atoms with Crippen molar-refractivity contribution >= 4 is 0 Å². The highest BCUT2D eigenvalue weighted by molar-refractivity contribution is 5.16. The van der Waals surface area contributed by atoms with Gasteiger partial charge in [0.1, 0.15) is 5.82 Å². The monoisotopic (exact) mass is 372 g/mol. The van der Waals surface area contributed by atoms with E-state index in [1.165, 1.54) is 95.5 Å². The standard InChI is InChI=1S/C26H41F/c1-2-3-7-21-10-12-22(13-11-21)14-17-25(24-8-5-4-6-9-24)20-23-15-18-26(27)19-16-23/h15-16,18-19,21-22,24-25H,2-14,17,20H2,1H3. The summed E-state index contributed by atoms with van der Waals surface area (Å²) in [5, 5.41) is 0. The number of hydrogen-bond donors (Lipinski definition) is 0. The molecular weight excluding hydrogens is 331 g/mol. The fourth-order valence-electron chi connectivity index (χ4n) is 5.78. The van der Waals surface area contributed by atoms with Crippen molar-refractivity contribution in [1.82, 2.24) is 0 Å². The maximum absolute atomic E-state index is 13.3. The Morgan fingerprint density at radius 2 is 1.48 bits per heavy atom. The van der Waals surface area contributed by atoms with Gasteiger partial charge < -0.3 is 0 Å². The van der Waals surface area contributed by atoms with E-state index < -0.39 is 0 Å². The van der Waals surface area contributed by atoms with E-state index in [2.05, 4.69) is 6.92 Å². The molecule has 0 aliphatic heterocycles. The summed E-state index contributed by atoms with van der Waals surface area (Å²) in [4.78, 5) is 0. The number of unbranched alkanes of at least 4 members (excludes halogenated alkanes) is 1. The number of halogens is 1. The van der Waals surface area contributed by atoms with Crippen LogP contribution in [0.3, 0.4) is 0 Å². The zero-order valence-corrected chi connectivity index (χ0v) is 17.6. The molecule has 0 aromatic heterocycles. The molecule has 0 amide bonds. The molecule has 2 saturated carbocycles. The fourth-order valence-corrected chi connectivity index (χ4v) is 5.78. The number of hydrogen-bond acceptors (Lipinski definition) is 0. The molecule has 1 aromatic rings.